The van der Waals surface area contributed by atoms with Crippen LogP contribution in [0.5, 0.6) is 0 Å². The lowest BCUT2D eigenvalue weighted by atomic mass is 9.96. The van der Waals surface area contributed by atoms with E-state index in [-0.39, 0.29) is 37.2 Å². The molecule has 3 aromatic rings. The predicted molar refractivity (Wildman–Crippen MR) is 181 cm³/mol. The van der Waals surface area contributed by atoms with Gasteiger partial charge in [0, 0.05) is 24.1 Å². The van der Waals surface area contributed by atoms with Crippen LogP contribution in [0.3, 0.4) is 0 Å². The van der Waals surface area contributed by atoms with E-state index in [1.807, 2.05) is 61.2 Å². The minimum absolute atomic E-state index is 0.00611. The fourth-order valence-electron chi connectivity index (χ4n) is 5.44. The number of fused-ring (bicyclic) bond motifs is 2. The van der Waals surface area contributed by atoms with Crippen LogP contribution >= 0.6 is 0 Å². The van der Waals surface area contributed by atoms with Crippen molar-refractivity contribution in [1.29, 1.82) is 0 Å². The van der Waals surface area contributed by atoms with E-state index in [0.29, 0.717) is 25.1 Å². The lowest BCUT2D eigenvalue weighted by molar-refractivity contribution is -0.131. The van der Waals surface area contributed by atoms with Crippen LogP contribution in [0.2, 0.25) is 0 Å². The molecule has 1 aliphatic rings. The molecule has 2 atom stereocenters. The van der Waals surface area contributed by atoms with E-state index in [1.54, 1.807) is 31.2 Å². The van der Waals surface area contributed by atoms with Crippen molar-refractivity contribution in [2.75, 3.05) is 10.2 Å². The molecule has 4 amide bonds. The number of rotatable bonds is 12. The molecule has 0 spiro atoms. The van der Waals surface area contributed by atoms with E-state index in [9.17, 15) is 24.3 Å². The molecule has 1 heterocycles. The van der Waals surface area contributed by atoms with Gasteiger partial charge in [0.1, 0.15) is 12.1 Å². The number of carbonyl (C=O) groups is 4. The summed E-state index contributed by atoms with van der Waals surface area (Å²) in [5.74, 6) is -1.35. The summed E-state index contributed by atoms with van der Waals surface area (Å²) < 4.78 is 0. The topological polar surface area (TPSA) is 128 Å². The predicted octanol–water partition coefficient (Wildman–Crippen LogP) is 5.43. The molecule has 46 heavy (non-hydrogen) atoms. The summed E-state index contributed by atoms with van der Waals surface area (Å²) in [5.41, 5.74) is 6.42. The second kappa shape index (κ2) is 16.0. The Morgan fingerprint density at radius 3 is 2.22 bits per heavy atom. The molecule has 0 saturated carbocycles. The summed E-state index contributed by atoms with van der Waals surface area (Å²) in [6.07, 6.45) is 3.63. The quantitative estimate of drug-likeness (QED) is 0.200. The molecule has 3 aromatic carbocycles. The van der Waals surface area contributed by atoms with Crippen molar-refractivity contribution in [2.45, 2.75) is 78.6 Å². The van der Waals surface area contributed by atoms with E-state index < -0.39 is 23.9 Å². The Bertz CT molecular complexity index is 1580. The van der Waals surface area contributed by atoms with Gasteiger partial charge in [-0.25, -0.2) is 0 Å². The third-order valence-corrected chi connectivity index (χ3v) is 8.14. The van der Waals surface area contributed by atoms with Crippen LogP contribution in [0.4, 0.5) is 11.4 Å². The Kier molecular flexibility index (Phi) is 11.9. The molecule has 0 aromatic heterocycles. The van der Waals surface area contributed by atoms with Crippen molar-refractivity contribution in [2.24, 2.45) is 5.92 Å². The van der Waals surface area contributed by atoms with E-state index in [4.69, 9.17) is 0 Å². The Hall–Kier alpha value is -4.76. The molecule has 0 fully saturated rings. The highest BCUT2D eigenvalue weighted by atomic mass is 16.3. The van der Waals surface area contributed by atoms with Gasteiger partial charge in [-0.1, -0.05) is 74.5 Å². The lowest BCUT2D eigenvalue weighted by Gasteiger charge is -2.28. The number of aliphatic hydroxyl groups excluding tert-OH is 1. The fraction of sp³-hybridized carbons (Fsp3) is 0.351. The largest absolute Gasteiger partial charge is 0.392 e. The molecular formula is C37H44N4O5. The van der Waals surface area contributed by atoms with Crippen molar-refractivity contribution in [1.82, 2.24) is 10.6 Å². The third kappa shape index (κ3) is 8.91. The van der Waals surface area contributed by atoms with Gasteiger partial charge < -0.3 is 26.0 Å². The van der Waals surface area contributed by atoms with Crippen LogP contribution in [0, 0.1) is 5.92 Å². The molecule has 9 heteroatoms. The van der Waals surface area contributed by atoms with Gasteiger partial charge in [0.2, 0.25) is 23.6 Å². The Labute approximate surface area is 271 Å². The molecule has 4 rings (SSSR count). The summed E-state index contributed by atoms with van der Waals surface area (Å²) in [7, 11) is 0. The highest BCUT2D eigenvalue weighted by molar-refractivity contribution is 5.99. The van der Waals surface area contributed by atoms with Gasteiger partial charge >= 0.3 is 0 Å². The Balaban J connectivity index is 1.28. The number of aliphatic hydroxyl groups is 1. The van der Waals surface area contributed by atoms with Gasteiger partial charge in [-0.3, -0.25) is 19.2 Å². The van der Waals surface area contributed by atoms with Crippen LogP contribution in [0.25, 0.3) is 11.6 Å². The number of carbonyl (C=O) groups excluding carboxylic acids is 4. The maximum absolute atomic E-state index is 13.6. The summed E-state index contributed by atoms with van der Waals surface area (Å²) in [4.78, 5) is 53.9. The van der Waals surface area contributed by atoms with E-state index in [1.165, 1.54) is 0 Å². The number of hydrogen-bond donors (Lipinski definition) is 4. The van der Waals surface area contributed by atoms with Gasteiger partial charge in [-0.2, -0.15) is 0 Å². The van der Waals surface area contributed by atoms with Gasteiger partial charge in [0.05, 0.1) is 18.8 Å². The minimum atomic E-state index is -0.839. The van der Waals surface area contributed by atoms with E-state index in [2.05, 4.69) is 35.0 Å². The zero-order valence-corrected chi connectivity index (χ0v) is 27.0. The number of unbranched alkanes of at least 4 members (excludes halogenated alkanes) is 1. The van der Waals surface area contributed by atoms with Crippen molar-refractivity contribution >= 4 is 46.7 Å². The first-order chi connectivity index (χ1) is 22.1. The number of anilines is 2. The van der Waals surface area contributed by atoms with Crippen molar-refractivity contribution in [3.63, 3.8) is 0 Å². The molecule has 4 N–H and O–H groups in total. The van der Waals surface area contributed by atoms with Crippen LogP contribution < -0.4 is 20.9 Å². The summed E-state index contributed by atoms with van der Waals surface area (Å²) in [5, 5.41) is 17.4. The second-order valence-electron chi connectivity index (χ2n) is 12.1. The van der Waals surface area contributed by atoms with Gasteiger partial charge in [-0.15, -0.1) is 0 Å². The van der Waals surface area contributed by atoms with E-state index in [0.717, 1.165) is 33.5 Å². The molecule has 9 nitrogen and oxygen atoms in total. The van der Waals surface area contributed by atoms with Crippen LogP contribution in [-0.4, -0.2) is 40.8 Å². The highest BCUT2D eigenvalue weighted by Gasteiger charge is 2.27. The zero-order valence-electron chi connectivity index (χ0n) is 27.0. The normalized spacial score (nSPS) is 14.8. The lowest BCUT2D eigenvalue weighted by Crippen LogP contribution is -2.53. The SMILES string of the molecule is C/C1=C/c2ccccc2CN(C(=O)CCCCC(=O)N[C@H](C(=O)N[C@@H](C)C(=O)Nc2ccc(CO)cc2)C(C)C)c2ccccc21. The molecule has 0 bridgehead atoms. The molecule has 0 radical (unpaired) electrons. The molecule has 0 saturated heterocycles. The number of nitrogens with one attached hydrogen (secondary N) is 3. The number of hydrogen-bond acceptors (Lipinski definition) is 5. The van der Waals surface area contributed by atoms with Gasteiger partial charge in [0.25, 0.3) is 0 Å². The number of nitrogens with zero attached hydrogens (tertiary/aromatic N) is 1. The average molecular weight is 625 g/mol. The van der Waals surface area contributed by atoms with Gasteiger partial charge in [0.15, 0.2) is 0 Å². The number of amides is 4. The van der Waals surface area contributed by atoms with Crippen molar-refractivity contribution in [3.05, 3.63) is 95.1 Å². The van der Waals surface area contributed by atoms with Crippen LogP contribution in [0.15, 0.2) is 72.8 Å². The number of para-hydroxylation sites is 1. The maximum Gasteiger partial charge on any atom is 0.246 e. The van der Waals surface area contributed by atoms with Crippen molar-refractivity contribution < 1.29 is 24.3 Å². The third-order valence-electron chi connectivity index (χ3n) is 8.14. The highest BCUT2D eigenvalue weighted by Crippen LogP contribution is 2.33. The molecule has 242 valence electrons. The molecule has 1 aliphatic heterocycles. The summed E-state index contributed by atoms with van der Waals surface area (Å²) in [6.45, 7) is 7.66. The van der Waals surface area contributed by atoms with Crippen LogP contribution in [-0.2, 0) is 32.3 Å². The minimum Gasteiger partial charge on any atom is -0.392 e. The number of benzene rings is 3. The van der Waals surface area contributed by atoms with E-state index >= 15 is 0 Å². The standard InChI is InChI=1S/C37H44N4O5/c1-24(2)35(37(46)38-26(4)36(45)39-30-19-17-27(23-42)18-20-30)40-33(43)15-9-10-16-34(44)41-22-29-12-6-5-11-28(29)21-25(3)31-13-7-8-14-32(31)41/h5-8,11-14,17-21,24,26,35,42H,9-10,15-16,22-23H2,1-4H3,(H,38,46)(H,39,45)(H,40,43)/b25-21-/t26-,35-/m0/s1. The molecule has 0 unspecified atom stereocenters. The van der Waals surface area contributed by atoms with Crippen LogP contribution in [0.1, 0.15) is 75.6 Å². The monoisotopic (exact) mass is 624 g/mol. The Morgan fingerprint density at radius 1 is 0.826 bits per heavy atom. The first-order valence-electron chi connectivity index (χ1n) is 15.8. The maximum atomic E-state index is 13.6. The summed E-state index contributed by atoms with van der Waals surface area (Å²) in [6, 6.07) is 21.1. The first-order valence-corrected chi connectivity index (χ1v) is 15.8. The zero-order chi connectivity index (χ0) is 33.2. The Morgan fingerprint density at radius 2 is 1.50 bits per heavy atom. The smallest absolute Gasteiger partial charge is 0.246 e. The van der Waals surface area contributed by atoms with Gasteiger partial charge in [-0.05, 0) is 73.1 Å². The fourth-order valence-corrected chi connectivity index (χ4v) is 5.44. The average Bonchev–Trinajstić information content (AvgIpc) is 3.04. The molecule has 0 aliphatic carbocycles. The first kappa shape index (κ1) is 34.1. The summed E-state index contributed by atoms with van der Waals surface area (Å²) >= 11 is 0. The second-order valence-corrected chi connectivity index (χ2v) is 12.1. The van der Waals surface area contributed by atoms with Crippen molar-refractivity contribution in [3.8, 4) is 0 Å². The molecular weight excluding hydrogens is 580 g/mol. The number of allylic oxidation sites excluding steroid dienone is 1.